The molecule has 2 aromatic carbocycles. The lowest BCUT2D eigenvalue weighted by atomic mass is 10.1. The predicted molar refractivity (Wildman–Crippen MR) is 108 cm³/mol. The minimum Gasteiger partial charge on any atom is -0.435 e. The van der Waals surface area contributed by atoms with Gasteiger partial charge in [-0.2, -0.15) is 8.78 Å². The molecule has 1 aliphatic rings. The fraction of sp³-hybridized carbons (Fsp3) is 0.250. The number of hydrogen-bond acceptors (Lipinski definition) is 5. The van der Waals surface area contributed by atoms with E-state index < -0.39 is 16.5 Å². The van der Waals surface area contributed by atoms with Crippen LogP contribution in [0.4, 0.5) is 20.2 Å². The molecule has 1 aliphatic carbocycles. The van der Waals surface area contributed by atoms with Crippen molar-refractivity contribution in [3.05, 3.63) is 54.7 Å². The quantitative estimate of drug-likeness (QED) is 0.486. The molecule has 1 heterocycles. The zero-order chi connectivity index (χ0) is 20.4. The Kier molecular flexibility index (Phi) is 5.33. The summed E-state index contributed by atoms with van der Waals surface area (Å²) in [5.74, 6) is 0.583. The van der Waals surface area contributed by atoms with Crippen LogP contribution in [-0.2, 0) is 9.92 Å². The molecule has 1 fully saturated rings. The van der Waals surface area contributed by atoms with E-state index >= 15 is 0 Å². The smallest absolute Gasteiger partial charge is 0.387 e. The van der Waals surface area contributed by atoms with E-state index in [1.807, 2.05) is 0 Å². The van der Waals surface area contributed by atoms with E-state index in [-0.39, 0.29) is 5.75 Å². The number of nitrogens with one attached hydrogen (secondary N) is 3. The number of benzene rings is 2. The van der Waals surface area contributed by atoms with Crippen molar-refractivity contribution < 1.29 is 17.7 Å². The Morgan fingerprint density at radius 1 is 1.17 bits per heavy atom. The van der Waals surface area contributed by atoms with Crippen LogP contribution in [0.3, 0.4) is 0 Å². The zero-order valence-corrected chi connectivity index (χ0v) is 16.2. The molecular weight excluding hydrogens is 398 g/mol. The third-order valence-electron chi connectivity index (χ3n) is 4.68. The average molecular weight is 418 g/mol. The first-order valence-electron chi connectivity index (χ1n) is 9.15. The highest BCUT2D eigenvalue weighted by molar-refractivity contribution is 7.90. The highest BCUT2D eigenvalue weighted by Crippen LogP contribution is 2.30. The third-order valence-corrected chi connectivity index (χ3v) is 6.19. The number of aromatic nitrogens is 1. The molecule has 0 radical (unpaired) electrons. The Bertz CT molecular complexity index is 1120. The van der Waals surface area contributed by atoms with Crippen molar-refractivity contribution in [1.29, 1.82) is 4.78 Å². The van der Waals surface area contributed by atoms with Crippen LogP contribution in [-0.4, -0.2) is 22.3 Å². The molecule has 0 spiro atoms. The molecule has 3 aromatic rings. The van der Waals surface area contributed by atoms with Crippen LogP contribution in [0.1, 0.15) is 12.8 Å². The molecule has 29 heavy (non-hydrogen) atoms. The number of nitrogens with zero attached hydrogens (tertiary/aromatic N) is 1. The van der Waals surface area contributed by atoms with Gasteiger partial charge in [0.15, 0.2) is 0 Å². The van der Waals surface area contributed by atoms with Crippen molar-refractivity contribution in [1.82, 2.24) is 9.71 Å². The highest BCUT2D eigenvalue weighted by atomic mass is 32.2. The third kappa shape index (κ3) is 4.80. The standard InChI is InChI=1S/C20H20F2N4O2S/c21-20(22)28-15-5-8-17-18(9-10-24-19(17)11-15)26-14-3-6-16(7-4-14)29(23,27)25-12-13-1-2-13/h3-11,13,20H,1-2,12H2,(H,24,26)(H2,23,25,27). The first kappa shape index (κ1) is 19.5. The number of hydrogen-bond donors (Lipinski definition) is 3. The van der Waals surface area contributed by atoms with E-state index in [1.54, 1.807) is 42.6 Å². The van der Waals surface area contributed by atoms with Crippen LogP contribution in [0.5, 0.6) is 5.75 Å². The molecule has 3 N–H and O–H groups in total. The molecule has 0 bridgehead atoms. The fourth-order valence-corrected chi connectivity index (χ4v) is 4.10. The van der Waals surface area contributed by atoms with Gasteiger partial charge in [0.2, 0.25) is 0 Å². The second-order valence-electron chi connectivity index (χ2n) is 6.91. The summed E-state index contributed by atoms with van der Waals surface area (Å²) in [5, 5.41) is 3.99. The number of anilines is 2. The molecule has 0 saturated heterocycles. The molecule has 1 atom stereocenters. The maximum absolute atomic E-state index is 12.5. The van der Waals surface area contributed by atoms with Crippen molar-refractivity contribution in [2.24, 2.45) is 5.92 Å². The van der Waals surface area contributed by atoms with Gasteiger partial charge in [-0.25, -0.2) is 13.7 Å². The molecule has 1 unspecified atom stereocenters. The Labute approximate surface area is 167 Å². The Morgan fingerprint density at radius 3 is 2.62 bits per heavy atom. The van der Waals surface area contributed by atoms with Crippen molar-refractivity contribution >= 4 is 32.2 Å². The molecule has 0 aliphatic heterocycles. The number of halogens is 2. The van der Waals surface area contributed by atoms with Crippen LogP contribution in [0.2, 0.25) is 0 Å². The number of rotatable bonds is 8. The molecule has 152 valence electrons. The van der Waals surface area contributed by atoms with Crippen molar-refractivity contribution in [3.8, 4) is 5.75 Å². The molecular formula is C20H20F2N4O2S. The Balaban J connectivity index is 1.52. The number of alkyl halides is 2. The molecule has 1 aromatic heterocycles. The summed E-state index contributed by atoms with van der Waals surface area (Å²) in [6.07, 6.45) is 3.83. The van der Waals surface area contributed by atoms with Gasteiger partial charge in [-0.15, -0.1) is 0 Å². The fourth-order valence-electron chi connectivity index (χ4n) is 2.94. The summed E-state index contributed by atoms with van der Waals surface area (Å²) < 4.78 is 52.7. The maximum Gasteiger partial charge on any atom is 0.387 e. The molecule has 9 heteroatoms. The van der Waals surface area contributed by atoms with E-state index in [2.05, 4.69) is 19.8 Å². The van der Waals surface area contributed by atoms with Gasteiger partial charge in [-0.3, -0.25) is 4.98 Å². The average Bonchev–Trinajstić information content (AvgIpc) is 3.51. The van der Waals surface area contributed by atoms with Crippen molar-refractivity contribution in [2.75, 3.05) is 11.9 Å². The maximum atomic E-state index is 12.5. The Morgan fingerprint density at radius 2 is 1.93 bits per heavy atom. The lowest BCUT2D eigenvalue weighted by molar-refractivity contribution is -0.0497. The van der Waals surface area contributed by atoms with E-state index in [1.165, 1.54) is 12.1 Å². The van der Waals surface area contributed by atoms with Gasteiger partial charge in [0.1, 0.15) is 15.7 Å². The molecule has 6 nitrogen and oxygen atoms in total. The Hall–Kier alpha value is -2.78. The topological polar surface area (TPSA) is 87.1 Å². The summed E-state index contributed by atoms with van der Waals surface area (Å²) in [7, 11) is -3.02. The number of fused-ring (bicyclic) bond motifs is 1. The number of ether oxygens (including phenoxy) is 1. The first-order valence-corrected chi connectivity index (χ1v) is 10.7. The van der Waals surface area contributed by atoms with E-state index in [0.29, 0.717) is 22.9 Å². The normalized spacial score (nSPS) is 16.0. The van der Waals surface area contributed by atoms with E-state index in [9.17, 15) is 13.0 Å². The van der Waals surface area contributed by atoms with Crippen LogP contribution in [0, 0.1) is 10.7 Å². The van der Waals surface area contributed by atoms with Crippen LogP contribution < -0.4 is 14.8 Å². The molecule has 4 rings (SSSR count). The minimum absolute atomic E-state index is 0.0467. The lowest BCUT2D eigenvalue weighted by Crippen LogP contribution is -2.24. The first-order chi connectivity index (χ1) is 13.9. The second kappa shape index (κ2) is 7.92. The van der Waals surface area contributed by atoms with Gasteiger partial charge in [0.25, 0.3) is 0 Å². The lowest BCUT2D eigenvalue weighted by Gasteiger charge is -2.13. The highest BCUT2D eigenvalue weighted by Gasteiger charge is 2.23. The van der Waals surface area contributed by atoms with Crippen LogP contribution in [0.25, 0.3) is 10.9 Å². The minimum atomic E-state index is -3.02. The van der Waals surface area contributed by atoms with Crippen molar-refractivity contribution in [3.63, 3.8) is 0 Å². The number of pyridine rings is 1. The van der Waals surface area contributed by atoms with Crippen LogP contribution in [0.15, 0.2) is 59.6 Å². The summed E-state index contributed by atoms with van der Waals surface area (Å²) in [5.41, 5.74) is 2.00. The SMILES string of the molecule is N=S(=O)(NCC1CC1)c1ccc(Nc2ccnc3cc(OC(F)F)ccc23)cc1. The predicted octanol–water partition coefficient (Wildman–Crippen LogP) is 4.90. The summed E-state index contributed by atoms with van der Waals surface area (Å²) >= 11 is 0. The van der Waals surface area contributed by atoms with E-state index in [4.69, 9.17) is 4.78 Å². The monoisotopic (exact) mass is 418 g/mol. The largest absolute Gasteiger partial charge is 0.435 e. The zero-order valence-electron chi connectivity index (χ0n) is 15.4. The van der Waals surface area contributed by atoms with Gasteiger partial charge in [-0.1, -0.05) is 0 Å². The molecule has 1 saturated carbocycles. The van der Waals surface area contributed by atoms with Crippen molar-refractivity contribution in [2.45, 2.75) is 24.3 Å². The van der Waals surface area contributed by atoms with E-state index in [0.717, 1.165) is 29.6 Å². The van der Waals surface area contributed by atoms with Gasteiger partial charge in [-0.05, 0) is 61.2 Å². The molecule has 0 amide bonds. The second-order valence-corrected chi connectivity index (χ2v) is 8.79. The van der Waals surface area contributed by atoms with Gasteiger partial charge >= 0.3 is 6.61 Å². The summed E-state index contributed by atoms with van der Waals surface area (Å²) in [4.78, 5) is 4.63. The van der Waals surface area contributed by atoms with Gasteiger partial charge in [0.05, 0.1) is 10.4 Å². The van der Waals surface area contributed by atoms with Crippen LogP contribution >= 0.6 is 0 Å². The summed E-state index contributed by atoms with van der Waals surface area (Å²) in [6, 6.07) is 13.2. The summed E-state index contributed by atoms with van der Waals surface area (Å²) in [6.45, 7) is -2.29. The van der Waals surface area contributed by atoms with Gasteiger partial charge < -0.3 is 10.1 Å². The van der Waals surface area contributed by atoms with Gasteiger partial charge in [0, 0.05) is 35.6 Å².